The number of anilines is 1. The Balaban J connectivity index is 2.00. The number of guanidine groups is 1. The molecule has 0 spiro atoms. The Hall–Kier alpha value is -1.71. The van der Waals surface area contributed by atoms with E-state index in [1.54, 1.807) is 13.2 Å². The van der Waals surface area contributed by atoms with Gasteiger partial charge in [0, 0.05) is 30.7 Å². The summed E-state index contributed by atoms with van der Waals surface area (Å²) >= 11 is 6.12. The summed E-state index contributed by atoms with van der Waals surface area (Å²) in [5.74, 6) is 1.19. The molecule has 0 amide bonds. The van der Waals surface area contributed by atoms with Gasteiger partial charge in [-0.15, -0.1) is 0 Å². The summed E-state index contributed by atoms with van der Waals surface area (Å²) in [5.41, 5.74) is 0.959. The van der Waals surface area contributed by atoms with Crippen LogP contribution in [-0.2, 0) is 10.0 Å². The first kappa shape index (κ1) is 20.6. The number of primary sulfonamides is 1. The second-order valence-electron chi connectivity index (χ2n) is 6.02. The smallest absolute Gasteiger partial charge is 0.210 e. The van der Waals surface area contributed by atoms with E-state index >= 15 is 0 Å². The molecule has 2 rings (SSSR count). The van der Waals surface area contributed by atoms with Gasteiger partial charge in [-0.25, -0.2) is 13.6 Å². The van der Waals surface area contributed by atoms with Crippen LogP contribution in [0, 0.1) is 0 Å². The number of rotatable bonds is 7. The van der Waals surface area contributed by atoms with Gasteiger partial charge in [0.25, 0.3) is 0 Å². The Kier molecular flexibility index (Phi) is 7.36. The molecule has 146 valence electrons. The van der Waals surface area contributed by atoms with Gasteiger partial charge in [0.05, 0.1) is 25.1 Å². The maximum Gasteiger partial charge on any atom is 0.210 e. The highest BCUT2D eigenvalue weighted by atomic mass is 35.5. The van der Waals surface area contributed by atoms with Crippen LogP contribution in [0.4, 0.5) is 5.69 Å². The van der Waals surface area contributed by atoms with Gasteiger partial charge in [0.2, 0.25) is 10.0 Å². The van der Waals surface area contributed by atoms with Gasteiger partial charge >= 0.3 is 0 Å². The third-order valence-corrected chi connectivity index (χ3v) is 4.99. The number of nitrogens with two attached hydrogens (primary N) is 1. The van der Waals surface area contributed by atoms with Crippen LogP contribution in [0.3, 0.4) is 0 Å². The van der Waals surface area contributed by atoms with E-state index in [2.05, 4.69) is 20.5 Å². The molecule has 0 saturated carbocycles. The Morgan fingerprint density at radius 2 is 2.27 bits per heavy atom. The lowest BCUT2D eigenvalue weighted by Gasteiger charge is -2.22. The fraction of sp³-hybridized carbons (Fsp3) is 0.562. The Morgan fingerprint density at radius 3 is 2.92 bits per heavy atom. The zero-order chi connectivity index (χ0) is 19.2. The molecule has 1 aliphatic heterocycles. The average molecular weight is 404 g/mol. The minimum absolute atomic E-state index is 0.118. The van der Waals surface area contributed by atoms with Gasteiger partial charge in [-0.1, -0.05) is 11.6 Å². The molecule has 0 bridgehead atoms. The fourth-order valence-corrected chi connectivity index (χ4v) is 3.32. The Bertz CT molecular complexity index is 741. The van der Waals surface area contributed by atoms with Gasteiger partial charge in [-0.3, -0.25) is 4.99 Å². The van der Waals surface area contributed by atoms with E-state index in [1.807, 2.05) is 19.1 Å². The van der Waals surface area contributed by atoms with Crippen molar-refractivity contribution in [2.24, 2.45) is 10.1 Å². The SMILES string of the molecule is CCNC(=NCCS(N)(=O)=O)NC1CCN(c2cc(Cl)ccc2OC)C1. The van der Waals surface area contributed by atoms with Crippen molar-refractivity contribution in [3.05, 3.63) is 23.2 Å². The molecule has 1 fully saturated rings. The van der Waals surface area contributed by atoms with Crippen LogP contribution in [-0.4, -0.2) is 59.5 Å². The highest BCUT2D eigenvalue weighted by Gasteiger charge is 2.25. The second-order valence-corrected chi connectivity index (χ2v) is 8.19. The normalized spacial score (nSPS) is 18.1. The number of hydrogen-bond acceptors (Lipinski definition) is 5. The molecule has 26 heavy (non-hydrogen) atoms. The first-order chi connectivity index (χ1) is 12.3. The standard InChI is InChI=1S/C16H26ClN5O3S/c1-3-19-16(20-7-9-26(18,23)24)21-13-6-8-22(11-13)14-10-12(17)4-5-15(14)25-2/h4-5,10,13H,3,6-9,11H2,1-2H3,(H2,18,23,24)(H2,19,20,21). The third kappa shape index (κ3) is 6.22. The number of sulfonamides is 1. The van der Waals surface area contributed by atoms with E-state index in [9.17, 15) is 8.42 Å². The monoisotopic (exact) mass is 403 g/mol. The summed E-state index contributed by atoms with van der Waals surface area (Å²) in [6.45, 7) is 4.36. The van der Waals surface area contributed by atoms with Crippen LogP contribution < -0.4 is 25.4 Å². The summed E-state index contributed by atoms with van der Waals surface area (Å²) in [6.07, 6.45) is 0.912. The molecule has 1 saturated heterocycles. The van der Waals surface area contributed by atoms with Gasteiger partial charge in [-0.2, -0.15) is 0 Å². The molecular formula is C16H26ClN5O3S. The number of nitrogens with one attached hydrogen (secondary N) is 2. The van der Waals surface area contributed by atoms with Crippen molar-refractivity contribution in [2.75, 3.05) is 43.9 Å². The number of aliphatic imine (C=N–C) groups is 1. The topological polar surface area (TPSA) is 109 Å². The largest absolute Gasteiger partial charge is 0.495 e. The lowest BCUT2D eigenvalue weighted by Crippen LogP contribution is -2.45. The maximum absolute atomic E-state index is 11.0. The minimum Gasteiger partial charge on any atom is -0.495 e. The van der Waals surface area contributed by atoms with Gasteiger partial charge in [0.1, 0.15) is 5.75 Å². The van der Waals surface area contributed by atoms with Crippen LogP contribution in [0.2, 0.25) is 5.02 Å². The van der Waals surface area contributed by atoms with Crippen molar-refractivity contribution in [3.8, 4) is 5.75 Å². The zero-order valence-electron chi connectivity index (χ0n) is 15.0. The number of ether oxygens (including phenoxy) is 1. The van der Waals surface area contributed by atoms with Gasteiger partial charge in [-0.05, 0) is 31.5 Å². The molecule has 1 heterocycles. The molecule has 8 nitrogen and oxygen atoms in total. The van der Waals surface area contributed by atoms with E-state index in [0.717, 1.165) is 30.9 Å². The number of hydrogen-bond donors (Lipinski definition) is 3. The molecule has 0 radical (unpaired) electrons. The van der Waals surface area contributed by atoms with Gasteiger partial charge in [0.15, 0.2) is 5.96 Å². The summed E-state index contributed by atoms with van der Waals surface area (Å²) in [4.78, 5) is 6.48. The Morgan fingerprint density at radius 1 is 1.50 bits per heavy atom. The quantitative estimate of drug-likeness (QED) is 0.458. The van der Waals surface area contributed by atoms with Crippen molar-refractivity contribution in [1.29, 1.82) is 0 Å². The zero-order valence-corrected chi connectivity index (χ0v) is 16.6. The molecule has 1 atom stereocenters. The van der Waals surface area contributed by atoms with E-state index < -0.39 is 10.0 Å². The van der Waals surface area contributed by atoms with E-state index in [0.29, 0.717) is 17.5 Å². The molecule has 4 N–H and O–H groups in total. The molecule has 1 aliphatic rings. The van der Waals surface area contributed by atoms with Crippen LogP contribution in [0.1, 0.15) is 13.3 Å². The number of methoxy groups -OCH3 is 1. The van der Waals surface area contributed by atoms with E-state index in [4.69, 9.17) is 21.5 Å². The van der Waals surface area contributed by atoms with E-state index in [1.165, 1.54) is 0 Å². The number of nitrogens with zero attached hydrogens (tertiary/aromatic N) is 2. The first-order valence-corrected chi connectivity index (χ1v) is 10.6. The van der Waals surface area contributed by atoms with Crippen molar-refractivity contribution in [1.82, 2.24) is 10.6 Å². The first-order valence-electron chi connectivity index (χ1n) is 8.46. The molecule has 1 aromatic rings. The molecule has 0 aliphatic carbocycles. The minimum atomic E-state index is -3.52. The van der Waals surface area contributed by atoms with E-state index in [-0.39, 0.29) is 18.3 Å². The summed E-state index contributed by atoms with van der Waals surface area (Å²) < 4.78 is 27.5. The van der Waals surface area contributed by atoms with Crippen LogP contribution >= 0.6 is 11.6 Å². The van der Waals surface area contributed by atoms with Crippen molar-refractivity contribution in [3.63, 3.8) is 0 Å². The predicted molar refractivity (Wildman–Crippen MR) is 106 cm³/mol. The van der Waals surface area contributed by atoms with Crippen molar-refractivity contribution < 1.29 is 13.2 Å². The molecular weight excluding hydrogens is 378 g/mol. The van der Waals surface area contributed by atoms with Gasteiger partial charge < -0.3 is 20.3 Å². The summed E-state index contributed by atoms with van der Waals surface area (Å²) in [6, 6.07) is 5.73. The van der Waals surface area contributed by atoms with Crippen LogP contribution in [0.5, 0.6) is 5.75 Å². The summed E-state index contributed by atoms with van der Waals surface area (Å²) in [7, 11) is -1.88. The lowest BCUT2D eigenvalue weighted by atomic mass is 10.2. The molecule has 1 unspecified atom stereocenters. The molecule has 10 heteroatoms. The highest BCUT2D eigenvalue weighted by Crippen LogP contribution is 2.33. The van der Waals surface area contributed by atoms with Crippen LogP contribution in [0.25, 0.3) is 0 Å². The molecule has 1 aromatic carbocycles. The average Bonchev–Trinajstić information content (AvgIpc) is 3.02. The third-order valence-electron chi connectivity index (χ3n) is 4.00. The second kappa shape index (κ2) is 9.29. The predicted octanol–water partition coefficient (Wildman–Crippen LogP) is 0.771. The van der Waals surface area contributed by atoms with Crippen LogP contribution in [0.15, 0.2) is 23.2 Å². The molecule has 0 aromatic heterocycles. The van der Waals surface area contributed by atoms with Crippen molar-refractivity contribution in [2.45, 2.75) is 19.4 Å². The number of halogens is 1. The number of benzene rings is 1. The maximum atomic E-state index is 11.0. The fourth-order valence-electron chi connectivity index (χ4n) is 2.81. The lowest BCUT2D eigenvalue weighted by molar-refractivity contribution is 0.415. The summed E-state index contributed by atoms with van der Waals surface area (Å²) in [5, 5.41) is 12.1. The highest BCUT2D eigenvalue weighted by molar-refractivity contribution is 7.89. The van der Waals surface area contributed by atoms with Crippen molar-refractivity contribution >= 4 is 33.3 Å². The Labute approximate surface area is 159 Å².